The molecule has 7 heteroatoms. The predicted molar refractivity (Wildman–Crippen MR) is 96.4 cm³/mol. The first-order valence-electron chi connectivity index (χ1n) is 7.54. The van der Waals surface area contributed by atoms with Gasteiger partial charge in [-0.2, -0.15) is 0 Å². The van der Waals surface area contributed by atoms with E-state index in [0.29, 0.717) is 27.8 Å². The topological polar surface area (TPSA) is 64.8 Å². The molecule has 0 bridgehead atoms. The largest absolute Gasteiger partial charge is 0.497 e. The van der Waals surface area contributed by atoms with Crippen LogP contribution < -0.4 is 9.47 Å². The molecule has 0 unspecified atom stereocenters. The summed E-state index contributed by atoms with van der Waals surface area (Å²) >= 11 is 1.37. The van der Waals surface area contributed by atoms with Gasteiger partial charge in [-0.1, -0.05) is 5.16 Å². The molecule has 6 nitrogen and oxygen atoms in total. The highest BCUT2D eigenvalue weighted by atomic mass is 32.1. The summed E-state index contributed by atoms with van der Waals surface area (Å²) in [5, 5.41) is 4.14. The average Bonchev–Trinajstić information content (AvgIpc) is 3.29. The first-order chi connectivity index (χ1) is 12.0. The number of thiophene rings is 1. The van der Waals surface area contributed by atoms with Gasteiger partial charge in [-0.3, -0.25) is 4.79 Å². The molecule has 0 aliphatic heterocycles. The molecule has 3 aromatic rings. The fraction of sp³-hybridized carbons (Fsp3) is 0.222. The molecule has 2 aromatic heterocycles. The number of carbonyl (C=O) groups excluding carboxylic acids is 1. The van der Waals surface area contributed by atoms with Crippen molar-refractivity contribution in [2.45, 2.75) is 0 Å². The lowest BCUT2D eigenvalue weighted by Crippen LogP contribution is -2.20. The zero-order chi connectivity index (χ0) is 18.0. The third-order valence-electron chi connectivity index (χ3n) is 3.66. The Morgan fingerprint density at radius 3 is 2.60 bits per heavy atom. The molecule has 0 saturated carbocycles. The number of ether oxygens (including phenoxy) is 2. The van der Waals surface area contributed by atoms with Gasteiger partial charge in [-0.15, -0.1) is 11.3 Å². The Balaban J connectivity index is 1.95. The number of hydrogen-bond acceptors (Lipinski definition) is 6. The van der Waals surface area contributed by atoms with Crippen molar-refractivity contribution in [2.75, 3.05) is 28.3 Å². The highest BCUT2D eigenvalue weighted by Crippen LogP contribution is 2.36. The van der Waals surface area contributed by atoms with Crippen LogP contribution in [0.3, 0.4) is 0 Å². The molecular formula is C18H18N2O4S. The van der Waals surface area contributed by atoms with Gasteiger partial charge in [0.15, 0.2) is 5.76 Å². The minimum Gasteiger partial charge on any atom is -0.497 e. The van der Waals surface area contributed by atoms with Crippen LogP contribution >= 0.6 is 11.3 Å². The van der Waals surface area contributed by atoms with Crippen molar-refractivity contribution in [3.05, 3.63) is 41.3 Å². The smallest absolute Gasteiger partial charge is 0.263 e. The van der Waals surface area contributed by atoms with Crippen LogP contribution in [0.4, 0.5) is 0 Å². The van der Waals surface area contributed by atoms with E-state index < -0.39 is 0 Å². The van der Waals surface area contributed by atoms with E-state index in [2.05, 4.69) is 5.16 Å². The van der Waals surface area contributed by atoms with Crippen LogP contribution in [0.25, 0.3) is 21.9 Å². The molecule has 130 valence electrons. The number of aromatic nitrogens is 1. The number of benzene rings is 1. The number of carbonyl (C=O) groups is 1. The minimum absolute atomic E-state index is 0.0366. The maximum atomic E-state index is 12.0. The van der Waals surface area contributed by atoms with Gasteiger partial charge < -0.3 is 18.9 Å². The van der Waals surface area contributed by atoms with Crippen LogP contribution in [0.1, 0.15) is 9.67 Å². The molecule has 25 heavy (non-hydrogen) atoms. The summed E-state index contributed by atoms with van der Waals surface area (Å²) in [4.78, 5) is 15.1. The number of amides is 1. The fourth-order valence-electron chi connectivity index (χ4n) is 2.34. The van der Waals surface area contributed by atoms with Gasteiger partial charge in [-0.25, -0.2) is 0 Å². The van der Waals surface area contributed by atoms with Crippen LogP contribution in [0, 0.1) is 0 Å². The number of methoxy groups -OCH3 is 2. The maximum Gasteiger partial charge on any atom is 0.263 e. The third kappa shape index (κ3) is 3.36. The molecular weight excluding hydrogens is 340 g/mol. The molecule has 0 fully saturated rings. The number of rotatable bonds is 5. The molecule has 2 heterocycles. The van der Waals surface area contributed by atoms with Crippen LogP contribution in [-0.4, -0.2) is 44.3 Å². The Hall–Kier alpha value is -2.80. The lowest BCUT2D eigenvalue weighted by Gasteiger charge is -2.07. The van der Waals surface area contributed by atoms with Crippen molar-refractivity contribution in [3.8, 4) is 33.4 Å². The molecule has 0 aliphatic rings. The normalized spacial score (nSPS) is 10.6. The lowest BCUT2D eigenvalue weighted by molar-refractivity contribution is 0.0832. The van der Waals surface area contributed by atoms with Crippen LogP contribution in [0.2, 0.25) is 0 Å². The Kier molecular flexibility index (Phi) is 4.76. The predicted octanol–water partition coefficient (Wildman–Crippen LogP) is 3.79. The van der Waals surface area contributed by atoms with E-state index in [-0.39, 0.29) is 5.91 Å². The van der Waals surface area contributed by atoms with Crippen LogP contribution in [-0.2, 0) is 0 Å². The van der Waals surface area contributed by atoms with Gasteiger partial charge in [0.05, 0.1) is 24.0 Å². The van der Waals surface area contributed by atoms with Gasteiger partial charge in [-0.05, 0) is 30.3 Å². The second-order valence-corrected chi connectivity index (χ2v) is 6.59. The van der Waals surface area contributed by atoms with Crippen LogP contribution in [0.5, 0.6) is 11.5 Å². The Bertz CT molecular complexity index is 898. The van der Waals surface area contributed by atoms with Crippen molar-refractivity contribution in [2.24, 2.45) is 0 Å². The van der Waals surface area contributed by atoms with Crippen molar-refractivity contribution in [1.29, 1.82) is 0 Å². The van der Waals surface area contributed by atoms with Gasteiger partial charge in [0.2, 0.25) is 0 Å². The maximum absolute atomic E-state index is 12.0. The van der Waals surface area contributed by atoms with Crippen molar-refractivity contribution < 1.29 is 18.8 Å². The van der Waals surface area contributed by atoms with Crippen molar-refractivity contribution >= 4 is 17.2 Å². The number of nitrogens with zero attached hydrogens (tertiary/aromatic N) is 2. The average molecular weight is 358 g/mol. The summed E-state index contributed by atoms with van der Waals surface area (Å²) in [5.74, 6) is 1.94. The summed E-state index contributed by atoms with van der Waals surface area (Å²) in [5.41, 5.74) is 1.41. The molecule has 0 N–H and O–H groups in total. The monoisotopic (exact) mass is 358 g/mol. The SMILES string of the molecule is COc1ccc(OC)c(-c2cc(-c3ccc(C(=O)N(C)C)s3)on2)c1. The first-order valence-corrected chi connectivity index (χ1v) is 8.36. The van der Waals surface area contributed by atoms with E-state index in [1.54, 1.807) is 39.3 Å². The first kappa shape index (κ1) is 17.0. The molecule has 0 radical (unpaired) electrons. The molecule has 0 aliphatic carbocycles. The van der Waals surface area contributed by atoms with Gasteiger partial charge in [0.25, 0.3) is 5.91 Å². The third-order valence-corrected chi connectivity index (χ3v) is 4.75. The van der Waals surface area contributed by atoms with Crippen LogP contribution in [0.15, 0.2) is 40.9 Å². The summed E-state index contributed by atoms with van der Waals surface area (Å²) in [6, 6.07) is 11.0. The molecule has 3 rings (SSSR count). The summed E-state index contributed by atoms with van der Waals surface area (Å²) in [6.07, 6.45) is 0. The number of hydrogen-bond donors (Lipinski definition) is 0. The Morgan fingerprint density at radius 1 is 1.12 bits per heavy atom. The Labute approximate surface area is 149 Å². The lowest BCUT2D eigenvalue weighted by atomic mass is 10.1. The van der Waals surface area contributed by atoms with Crippen molar-refractivity contribution in [3.63, 3.8) is 0 Å². The standard InChI is InChI=1S/C18H18N2O4S/c1-20(2)18(21)17-8-7-16(25-17)15-10-13(19-24-15)12-9-11(22-3)5-6-14(12)23-4/h5-10H,1-4H3. The quantitative estimate of drug-likeness (QED) is 0.694. The zero-order valence-electron chi connectivity index (χ0n) is 14.4. The van der Waals surface area contributed by atoms with E-state index in [9.17, 15) is 4.79 Å². The van der Waals surface area contributed by atoms with Gasteiger partial charge in [0.1, 0.15) is 17.2 Å². The summed E-state index contributed by atoms with van der Waals surface area (Å²) in [6.45, 7) is 0. The summed E-state index contributed by atoms with van der Waals surface area (Å²) < 4.78 is 16.1. The molecule has 1 amide bonds. The van der Waals surface area contributed by atoms with E-state index in [1.807, 2.05) is 30.3 Å². The van der Waals surface area contributed by atoms with Crippen molar-refractivity contribution in [1.82, 2.24) is 10.1 Å². The highest BCUT2D eigenvalue weighted by molar-refractivity contribution is 7.17. The second kappa shape index (κ2) is 6.98. The Morgan fingerprint density at radius 2 is 1.92 bits per heavy atom. The second-order valence-electron chi connectivity index (χ2n) is 5.51. The molecule has 0 saturated heterocycles. The zero-order valence-corrected chi connectivity index (χ0v) is 15.2. The van der Waals surface area contributed by atoms with E-state index in [4.69, 9.17) is 14.0 Å². The summed E-state index contributed by atoms with van der Waals surface area (Å²) in [7, 11) is 6.66. The van der Waals surface area contributed by atoms with E-state index >= 15 is 0 Å². The highest BCUT2D eigenvalue weighted by Gasteiger charge is 2.17. The van der Waals surface area contributed by atoms with Gasteiger partial charge >= 0.3 is 0 Å². The molecule has 1 aromatic carbocycles. The minimum atomic E-state index is -0.0366. The molecule has 0 atom stereocenters. The van der Waals surface area contributed by atoms with E-state index in [0.717, 1.165) is 10.4 Å². The van der Waals surface area contributed by atoms with Gasteiger partial charge in [0, 0.05) is 25.7 Å². The molecule has 0 spiro atoms. The fourth-order valence-corrected chi connectivity index (χ4v) is 3.31. The van der Waals surface area contributed by atoms with E-state index in [1.165, 1.54) is 11.3 Å².